The lowest BCUT2D eigenvalue weighted by molar-refractivity contribution is 1.21. The predicted molar refractivity (Wildman–Crippen MR) is 61.7 cm³/mol. The van der Waals surface area contributed by atoms with E-state index in [4.69, 9.17) is 0 Å². The summed E-state index contributed by atoms with van der Waals surface area (Å²) in [6, 6.07) is 8.34. The summed E-state index contributed by atoms with van der Waals surface area (Å²) < 4.78 is 0. The van der Waals surface area contributed by atoms with E-state index < -0.39 is 0 Å². The molecule has 0 bridgehead atoms. The van der Waals surface area contributed by atoms with Gasteiger partial charge >= 0.3 is 0 Å². The van der Waals surface area contributed by atoms with E-state index in [1.165, 1.54) is 5.56 Å². The average molecular weight is 204 g/mol. The van der Waals surface area contributed by atoms with Crippen LogP contribution in [-0.2, 0) is 0 Å². The number of nitrogens with one attached hydrogen (secondary N) is 1. The molecule has 0 unspecified atom stereocenters. The topological polar surface area (TPSA) is 24.9 Å². The van der Waals surface area contributed by atoms with Gasteiger partial charge in [0, 0.05) is 23.2 Å². The van der Waals surface area contributed by atoms with E-state index >= 15 is 0 Å². The molecule has 0 amide bonds. The van der Waals surface area contributed by atoms with Gasteiger partial charge in [0.15, 0.2) is 0 Å². The van der Waals surface area contributed by atoms with Crippen LogP contribution < -0.4 is 5.32 Å². The Labute approximate surface area is 87.6 Å². The molecule has 1 N–H and O–H groups in total. The van der Waals surface area contributed by atoms with Crippen molar-refractivity contribution < 1.29 is 0 Å². The molecule has 0 aliphatic heterocycles. The van der Waals surface area contributed by atoms with Gasteiger partial charge < -0.3 is 5.32 Å². The van der Waals surface area contributed by atoms with Crippen LogP contribution in [0.4, 0.5) is 5.69 Å². The van der Waals surface area contributed by atoms with Gasteiger partial charge in [-0.25, -0.2) is 4.98 Å². The monoisotopic (exact) mass is 204 g/mol. The highest BCUT2D eigenvalue weighted by Gasteiger charge is 1.98. The standard InChI is InChI=1S/C11H12N2S/c1-2-12-10-5-3-9(4-6-10)11-7-14-8-13-11/h3-8,12H,2H2,1H3. The van der Waals surface area contributed by atoms with E-state index in [0.717, 1.165) is 17.9 Å². The first-order valence-electron chi connectivity index (χ1n) is 4.62. The number of rotatable bonds is 3. The number of nitrogens with zero attached hydrogens (tertiary/aromatic N) is 1. The van der Waals surface area contributed by atoms with Gasteiger partial charge in [0.05, 0.1) is 11.2 Å². The van der Waals surface area contributed by atoms with Crippen LogP contribution in [-0.4, -0.2) is 11.5 Å². The number of aromatic nitrogens is 1. The molecule has 0 atom stereocenters. The zero-order valence-corrected chi connectivity index (χ0v) is 8.84. The second-order valence-electron chi connectivity index (χ2n) is 2.98. The van der Waals surface area contributed by atoms with Gasteiger partial charge in [0.1, 0.15) is 0 Å². The molecule has 0 fully saturated rings. The van der Waals surface area contributed by atoms with E-state index in [2.05, 4.69) is 46.9 Å². The molecule has 1 aromatic heterocycles. The molecule has 3 heteroatoms. The van der Waals surface area contributed by atoms with Crippen LogP contribution in [0.3, 0.4) is 0 Å². The smallest absolute Gasteiger partial charge is 0.0811 e. The molecule has 0 radical (unpaired) electrons. The summed E-state index contributed by atoms with van der Waals surface area (Å²) in [5.74, 6) is 0. The first-order valence-corrected chi connectivity index (χ1v) is 5.57. The average Bonchev–Trinajstić information content (AvgIpc) is 2.72. The Morgan fingerprint density at radius 1 is 1.29 bits per heavy atom. The van der Waals surface area contributed by atoms with E-state index in [0.29, 0.717) is 0 Å². The Morgan fingerprint density at radius 3 is 2.64 bits per heavy atom. The summed E-state index contributed by atoms with van der Waals surface area (Å²) >= 11 is 1.62. The maximum absolute atomic E-state index is 4.26. The quantitative estimate of drug-likeness (QED) is 0.830. The molecule has 2 rings (SSSR count). The summed E-state index contributed by atoms with van der Waals surface area (Å²) in [6.07, 6.45) is 0. The third-order valence-electron chi connectivity index (χ3n) is 1.99. The Bertz CT molecular complexity index is 378. The third-order valence-corrected chi connectivity index (χ3v) is 2.58. The van der Waals surface area contributed by atoms with Gasteiger partial charge in [-0.05, 0) is 19.1 Å². The second kappa shape index (κ2) is 4.24. The minimum Gasteiger partial charge on any atom is -0.385 e. The fourth-order valence-electron chi connectivity index (χ4n) is 1.32. The van der Waals surface area contributed by atoms with Gasteiger partial charge in [-0.2, -0.15) is 0 Å². The Morgan fingerprint density at radius 2 is 2.07 bits per heavy atom. The summed E-state index contributed by atoms with van der Waals surface area (Å²) in [5, 5.41) is 5.32. The van der Waals surface area contributed by atoms with Crippen molar-refractivity contribution in [3.05, 3.63) is 35.2 Å². The van der Waals surface area contributed by atoms with E-state index in [9.17, 15) is 0 Å². The van der Waals surface area contributed by atoms with E-state index in [-0.39, 0.29) is 0 Å². The first kappa shape index (κ1) is 9.21. The molecule has 0 saturated heterocycles. The molecule has 0 spiro atoms. The zero-order valence-electron chi connectivity index (χ0n) is 8.03. The molecule has 72 valence electrons. The van der Waals surface area contributed by atoms with Crippen molar-refractivity contribution in [1.29, 1.82) is 0 Å². The van der Waals surface area contributed by atoms with Crippen LogP contribution in [0.15, 0.2) is 35.2 Å². The number of hydrogen-bond donors (Lipinski definition) is 1. The molecule has 14 heavy (non-hydrogen) atoms. The zero-order chi connectivity index (χ0) is 9.80. The highest BCUT2D eigenvalue weighted by atomic mass is 32.1. The van der Waals surface area contributed by atoms with Crippen molar-refractivity contribution in [2.24, 2.45) is 0 Å². The largest absolute Gasteiger partial charge is 0.385 e. The SMILES string of the molecule is CCNc1ccc(-c2cscn2)cc1. The van der Waals surface area contributed by atoms with Crippen molar-refractivity contribution in [1.82, 2.24) is 4.98 Å². The van der Waals surface area contributed by atoms with E-state index in [1.54, 1.807) is 11.3 Å². The molecular weight excluding hydrogens is 192 g/mol. The highest BCUT2D eigenvalue weighted by molar-refractivity contribution is 7.07. The molecule has 0 aliphatic carbocycles. The van der Waals surface area contributed by atoms with Crippen molar-refractivity contribution in [3.63, 3.8) is 0 Å². The lowest BCUT2D eigenvalue weighted by Crippen LogP contribution is -1.95. The summed E-state index contributed by atoms with van der Waals surface area (Å²) in [5.41, 5.74) is 5.24. The molecule has 1 aromatic carbocycles. The highest BCUT2D eigenvalue weighted by Crippen LogP contribution is 2.20. The Kier molecular flexibility index (Phi) is 2.79. The minimum atomic E-state index is 0.954. The van der Waals surface area contributed by atoms with Gasteiger partial charge in [-0.1, -0.05) is 12.1 Å². The minimum absolute atomic E-state index is 0.954. The fraction of sp³-hybridized carbons (Fsp3) is 0.182. The van der Waals surface area contributed by atoms with Crippen molar-refractivity contribution in [3.8, 4) is 11.3 Å². The number of hydrogen-bond acceptors (Lipinski definition) is 3. The Hall–Kier alpha value is -1.35. The van der Waals surface area contributed by atoms with Gasteiger partial charge in [0.2, 0.25) is 0 Å². The molecule has 1 heterocycles. The van der Waals surface area contributed by atoms with Gasteiger partial charge in [-0.3, -0.25) is 0 Å². The molecular formula is C11H12N2S. The molecule has 2 aromatic rings. The van der Waals surface area contributed by atoms with Gasteiger partial charge in [-0.15, -0.1) is 11.3 Å². The number of thiazole rings is 1. The van der Waals surface area contributed by atoms with Crippen molar-refractivity contribution >= 4 is 17.0 Å². The molecule has 2 nitrogen and oxygen atoms in total. The van der Waals surface area contributed by atoms with Crippen LogP contribution in [0.25, 0.3) is 11.3 Å². The fourth-order valence-corrected chi connectivity index (χ4v) is 1.88. The lowest BCUT2D eigenvalue weighted by atomic mass is 10.1. The van der Waals surface area contributed by atoms with Crippen molar-refractivity contribution in [2.45, 2.75) is 6.92 Å². The number of benzene rings is 1. The van der Waals surface area contributed by atoms with E-state index in [1.807, 2.05) is 5.51 Å². The normalized spacial score (nSPS) is 10.1. The number of anilines is 1. The second-order valence-corrected chi connectivity index (χ2v) is 3.70. The summed E-state index contributed by atoms with van der Waals surface area (Å²) in [7, 11) is 0. The summed E-state index contributed by atoms with van der Waals surface area (Å²) in [6.45, 7) is 3.05. The molecule has 0 saturated carbocycles. The predicted octanol–water partition coefficient (Wildman–Crippen LogP) is 3.24. The lowest BCUT2D eigenvalue weighted by Gasteiger charge is -2.03. The Balaban J connectivity index is 2.22. The molecule has 0 aliphatic rings. The van der Waals surface area contributed by atoms with Crippen LogP contribution in [0.2, 0.25) is 0 Å². The van der Waals surface area contributed by atoms with Crippen LogP contribution in [0.5, 0.6) is 0 Å². The van der Waals surface area contributed by atoms with Crippen LogP contribution in [0.1, 0.15) is 6.92 Å². The first-order chi connectivity index (χ1) is 6.90. The van der Waals surface area contributed by atoms with Crippen LogP contribution >= 0.6 is 11.3 Å². The summed E-state index contributed by atoms with van der Waals surface area (Å²) in [4.78, 5) is 4.26. The van der Waals surface area contributed by atoms with Gasteiger partial charge in [0.25, 0.3) is 0 Å². The van der Waals surface area contributed by atoms with Crippen molar-refractivity contribution in [2.75, 3.05) is 11.9 Å². The maximum Gasteiger partial charge on any atom is 0.0811 e. The van der Waals surface area contributed by atoms with Crippen LogP contribution in [0, 0.1) is 0 Å². The maximum atomic E-state index is 4.26. The third kappa shape index (κ3) is 1.93.